The van der Waals surface area contributed by atoms with E-state index in [-0.39, 0.29) is 71.6 Å². The van der Waals surface area contributed by atoms with E-state index < -0.39 is 34.2 Å². The van der Waals surface area contributed by atoms with Crippen LogP contribution >= 0.6 is 0 Å². The van der Waals surface area contributed by atoms with Crippen molar-refractivity contribution in [1.82, 2.24) is 23.9 Å². The van der Waals surface area contributed by atoms with Gasteiger partial charge >= 0.3 is 17.9 Å². The first-order chi connectivity index (χ1) is 22.4. The van der Waals surface area contributed by atoms with E-state index in [1.807, 2.05) is 45.0 Å². The fourth-order valence-corrected chi connectivity index (χ4v) is 6.59. The van der Waals surface area contributed by atoms with Gasteiger partial charge in [0.15, 0.2) is 0 Å². The molecule has 0 bridgehead atoms. The highest BCUT2D eigenvalue weighted by Crippen LogP contribution is 2.17. The molecule has 0 aliphatic carbocycles. The number of benzene rings is 1. The van der Waals surface area contributed by atoms with Crippen LogP contribution in [0.3, 0.4) is 0 Å². The Kier molecular flexibility index (Phi) is 18.4. The summed E-state index contributed by atoms with van der Waals surface area (Å²) in [5.41, 5.74) is 0.960. The van der Waals surface area contributed by atoms with Gasteiger partial charge in [-0.2, -0.15) is 4.31 Å². The van der Waals surface area contributed by atoms with Crippen molar-refractivity contribution in [3.8, 4) is 0 Å². The third kappa shape index (κ3) is 15.9. The quantitative estimate of drug-likeness (QED) is 0.186. The maximum absolute atomic E-state index is 13.5. The number of aliphatic hydroxyl groups is 1. The van der Waals surface area contributed by atoms with Crippen molar-refractivity contribution >= 4 is 27.9 Å². The molecule has 0 radical (unpaired) electrons. The van der Waals surface area contributed by atoms with Gasteiger partial charge in [-0.1, -0.05) is 30.3 Å². The molecule has 2 atom stereocenters. The zero-order chi connectivity index (χ0) is 34.8. The van der Waals surface area contributed by atoms with Crippen molar-refractivity contribution in [1.29, 1.82) is 0 Å². The lowest BCUT2D eigenvalue weighted by Gasteiger charge is -2.42. The Morgan fingerprint density at radius 1 is 0.809 bits per heavy atom. The van der Waals surface area contributed by atoms with E-state index in [0.29, 0.717) is 39.1 Å². The highest BCUT2D eigenvalue weighted by molar-refractivity contribution is 7.88. The van der Waals surface area contributed by atoms with Crippen molar-refractivity contribution in [2.45, 2.75) is 46.4 Å². The molecule has 14 nitrogen and oxygen atoms in total. The van der Waals surface area contributed by atoms with Crippen LogP contribution in [0.1, 0.15) is 33.3 Å². The van der Waals surface area contributed by atoms with Crippen LogP contribution in [0.2, 0.25) is 0 Å². The molecule has 1 aromatic carbocycles. The number of β-amino-alcohol motifs (C(OH)–C–C–N with tert-alkyl or cyclic N) is 1. The molecule has 0 amide bonds. The number of rotatable bonds is 16. The predicted molar refractivity (Wildman–Crippen MR) is 178 cm³/mol. The molecule has 1 aliphatic heterocycles. The van der Waals surface area contributed by atoms with Crippen LogP contribution in [0.15, 0.2) is 30.3 Å². The third-order valence-corrected chi connectivity index (χ3v) is 8.99. The topological polar surface area (TPSA) is 149 Å². The molecule has 1 heterocycles. The first-order valence-electron chi connectivity index (χ1n) is 16.4. The van der Waals surface area contributed by atoms with Crippen LogP contribution in [0.5, 0.6) is 0 Å². The zero-order valence-corrected chi connectivity index (χ0v) is 29.5. The Morgan fingerprint density at radius 3 is 1.74 bits per heavy atom. The molecule has 268 valence electrons. The summed E-state index contributed by atoms with van der Waals surface area (Å²) in [5, 5.41) is 10.5. The van der Waals surface area contributed by atoms with E-state index in [2.05, 4.69) is 0 Å². The normalized spacial score (nSPS) is 19.0. The van der Waals surface area contributed by atoms with E-state index in [0.717, 1.165) is 11.8 Å². The third-order valence-electron chi connectivity index (χ3n) is 7.71. The fourth-order valence-electron chi connectivity index (χ4n) is 5.53. The number of sulfonamides is 1. The molecule has 1 N–H and O–H groups in total. The number of nitrogens with zero attached hydrogens (tertiary/aromatic N) is 5. The second kappa shape index (κ2) is 21.3. The summed E-state index contributed by atoms with van der Waals surface area (Å²) in [7, 11) is -3.81. The molecular formula is C32H55N5O9S. The molecule has 15 heteroatoms. The lowest BCUT2D eigenvalue weighted by Crippen LogP contribution is -2.60. The maximum Gasteiger partial charge on any atom is 0.320 e. The van der Waals surface area contributed by atoms with E-state index in [4.69, 9.17) is 14.2 Å². The Hall–Kier alpha value is -2.66. The maximum atomic E-state index is 13.5. The van der Waals surface area contributed by atoms with E-state index in [9.17, 15) is 27.9 Å². The van der Waals surface area contributed by atoms with Crippen LogP contribution in [0.4, 0.5) is 0 Å². The van der Waals surface area contributed by atoms with Crippen LogP contribution in [0, 0.1) is 0 Å². The van der Waals surface area contributed by atoms with Gasteiger partial charge in [-0.3, -0.25) is 34.0 Å². The molecule has 0 aromatic heterocycles. The summed E-state index contributed by atoms with van der Waals surface area (Å²) in [4.78, 5) is 45.6. The number of hydrogen-bond donors (Lipinski definition) is 1. The second-order valence-corrected chi connectivity index (χ2v) is 13.6. The van der Waals surface area contributed by atoms with Gasteiger partial charge in [0.05, 0.1) is 58.0 Å². The minimum atomic E-state index is -3.81. The number of carbonyl (C=O) groups is 3. The lowest BCUT2D eigenvalue weighted by atomic mass is 10.1. The van der Waals surface area contributed by atoms with Crippen LogP contribution in [-0.2, 0) is 45.0 Å². The second-order valence-electron chi connectivity index (χ2n) is 11.6. The summed E-state index contributed by atoms with van der Waals surface area (Å²) in [6.45, 7) is 10.0. The number of aliphatic hydroxyl groups excluding tert-OH is 1. The van der Waals surface area contributed by atoms with Crippen molar-refractivity contribution in [3.63, 3.8) is 0 Å². The highest BCUT2D eigenvalue weighted by Gasteiger charge is 2.35. The highest BCUT2D eigenvalue weighted by atomic mass is 32.2. The molecule has 1 saturated heterocycles. The van der Waals surface area contributed by atoms with Crippen molar-refractivity contribution < 1.29 is 42.1 Å². The Labute approximate surface area is 280 Å². The molecule has 47 heavy (non-hydrogen) atoms. The summed E-state index contributed by atoms with van der Waals surface area (Å²) in [5.74, 6) is -1.28. The molecule has 2 unspecified atom stereocenters. The number of esters is 3. The number of carbonyl (C=O) groups excluding carboxylic acids is 3. The monoisotopic (exact) mass is 685 g/mol. The molecular weight excluding hydrogens is 630 g/mol. The smallest absolute Gasteiger partial charge is 0.320 e. The summed E-state index contributed by atoms with van der Waals surface area (Å²) < 4.78 is 44.2. The standard InChI is InChI=1S/C32H55N5O9S/c1-6-44-30(39)24-33-16-17-34(25-31(40)45-7-2)20-21-36(26-32(41)46-8-3)29(23-35(19-18-33)22-27(4)38)37(47(5,42)43)15-14-28-12-10-9-11-13-28/h9-13,27,29,38H,6-8,14-26H2,1-5H3. The molecule has 0 spiro atoms. The lowest BCUT2D eigenvalue weighted by molar-refractivity contribution is -0.147. The summed E-state index contributed by atoms with van der Waals surface area (Å²) in [6.07, 6.45) is 0.0519. The van der Waals surface area contributed by atoms with Gasteiger partial charge in [-0.05, 0) is 39.7 Å². The van der Waals surface area contributed by atoms with Crippen LogP contribution in [-0.4, -0.2) is 172 Å². The predicted octanol–water partition coefficient (Wildman–Crippen LogP) is 0.109. The van der Waals surface area contributed by atoms with Crippen molar-refractivity contribution in [2.75, 3.05) is 105 Å². The fraction of sp³-hybridized carbons (Fsp3) is 0.719. The summed E-state index contributed by atoms with van der Waals surface area (Å²) in [6, 6.07) is 9.56. The van der Waals surface area contributed by atoms with Gasteiger partial charge in [-0.25, -0.2) is 8.42 Å². The van der Waals surface area contributed by atoms with Gasteiger partial charge in [0.1, 0.15) is 0 Å². The molecule has 1 aliphatic rings. The Morgan fingerprint density at radius 2 is 1.28 bits per heavy atom. The van der Waals surface area contributed by atoms with E-state index in [1.54, 1.807) is 32.6 Å². The SMILES string of the molecule is CCOC(=O)CN1CCN(CC(=O)OCC)CCN(CC(=O)OCC)C(N(CCc2ccccc2)S(C)(=O)=O)CN(CC(C)O)CC1. The largest absolute Gasteiger partial charge is 0.465 e. The molecule has 2 rings (SSSR count). The van der Waals surface area contributed by atoms with Gasteiger partial charge in [0.25, 0.3) is 0 Å². The van der Waals surface area contributed by atoms with Gasteiger partial charge < -0.3 is 19.3 Å². The molecule has 1 fully saturated rings. The van der Waals surface area contributed by atoms with Crippen LogP contribution in [0.25, 0.3) is 0 Å². The van der Waals surface area contributed by atoms with Crippen molar-refractivity contribution in [2.24, 2.45) is 0 Å². The first-order valence-corrected chi connectivity index (χ1v) is 18.3. The van der Waals surface area contributed by atoms with E-state index in [1.165, 1.54) is 4.31 Å². The average Bonchev–Trinajstić information content (AvgIpc) is 2.99. The number of hydrogen-bond acceptors (Lipinski definition) is 13. The molecule has 1 aromatic rings. The van der Waals surface area contributed by atoms with Crippen molar-refractivity contribution in [3.05, 3.63) is 35.9 Å². The molecule has 0 saturated carbocycles. The van der Waals surface area contributed by atoms with Gasteiger partial charge in [-0.15, -0.1) is 0 Å². The number of ether oxygens (including phenoxy) is 3. The first kappa shape index (κ1) is 40.5. The van der Waals surface area contributed by atoms with Crippen LogP contribution < -0.4 is 0 Å². The minimum Gasteiger partial charge on any atom is -0.465 e. The average molecular weight is 686 g/mol. The minimum absolute atomic E-state index is 0.0169. The van der Waals surface area contributed by atoms with Gasteiger partial charge in [0.2, 0.25) is 10.0 Å². The van der Waals surface area contributed by atoms with E-state index >= 15 is 0 Å². The Bertz CT molecular complexity index is 1190. The Balaban J connectivity index is 2.58. The van der Waals surface area contributed by atoms with Gasteiger partial charge in [0, 0.05) is 58.9 Å². The summed E-state index contributed by atoms with van der Waals surface area (Å²) >= 11 is 0. The zero-order valence-electron chi connectivity index (χ0n) is 28.7.